The molecule has 5 rings (SSSR count). The zero-order valence-corrected chi connectivity index (χ0v) is 26.3. The Kier molecular flexibility index (Phi) is 11.1. The van der Waals surface area contributed by atoms with E-state index < -0.39 is 59.0 Å². The van der Waals surface area contributed by atoms with Crippen LogP contribution in [-0.4, -0.2) is 6.67 Å². The van der Waals surface area contributed by atoms with Crippen LogP contribution in [0.1, 0.15) is 49.3 Å². The fraction of sp³-hybridized carbons (Fsp3) is 0.231. The molecule has 0 unspecified atom stereocenters. The fourth-order valence-corrected chi connectivity index (χ4v) is 5.61. The molecule has 0 radical (unpaired) electrons. The summed E-state index contributed by atoms with van der Waals surface area (Å²) in [6.45, 7) is 1.33. The average molecular weight is 687 g/mol. The lowest BCUT2D eigenvalue weighted by Crippen LogP contribution is -2.25. The van der Waals surface area contributed by atoms with Gasteiger partial charge in [-0.2, -0.15) is 8.78 Å². The topological polar surface area (TPSA) is 9.23 Å². The number of unbranched alkanes of at least 4 members (excludes halogenated alkanes) is 2. The van der Waals surface area contributed by atoms with Crippen molar-refractivity contribution < 1.29 is 44.3 Å². The molecule has 10 heteroatoms. The molecule has 0 bridgehead atoms. The van der Waals surface area contributed by atoms with Gasteiger partial charge in [-0.05, 0) is 96.0 Å². The molecule has 5 aromatic carbocycles. The summed E-state index contributed by atoms with van der Waals surface area (Å²) < 4.78 is 136. The van der Waals surface area contributed by atoms with Crippen molar-refractivity contribution in [1.82, 2.24) is 0 Å². The van der Waals surface area contributed by atoms with Gasteiger partial charge in [-0.3, -0.25) is 4.39 Å². The SMILES string of the molecule is CCCCCc1ccc(-c2ccc(-c3cc(F)c(C(F)(F)Oc4ccc(-c5cc(F)c(CCCF)c(F)c5)c(F)c4)c(F)c3)c(F)c2)cc1. The van der Waals surface area contributed by atoms with Crippen LogP contribution in [0.4, 0.5) is 39.5 Å². The van der Waals surface area contributed by atoms with Crippen molar-refractivity contribution in [3.63, 3.8) is 0 Å². The fourth-order valence-electron chi connectivity index (χ4n) is 5.61. The lowest BCUT2D eigenvalue weighted by atomic mass is 9.97. The number of rotatable bonds is 13. The predicted molar refractivity (Wildman–Crippen MR) is 171 cm³/mol. The van der Waals surface area contributed by atoms with Crippen molar-refractivity contribution in [2.75, 3.05) is 6.67 Å². The van der Waals surface area contributed by atoms with E-state index in [0.717, 1.165) is 61.1 Å². The molecular formula is C39H31F9O. The average Bonchev–Trinajstić information content (AvgIpc) is 3.04. The first-order valence-electron chi connectivity index (χ1n) is 15.7. The van der Waals surface area contributed by atoms with Crippen LogP contribution in [0.3, 0.4) is 0 Å². The second kappa shape index (κ2) is 15.2. The second-order valence-electron chi connectivity index (χ2n) is 11.6. The van der Waals surface area contributed by atoms with Crippen molar-refractivity contribution >= 4 is 0 Å². The maximum absolute atomic E-state index is 15.2. The van der Waals surface area contributed by atoms with Crippen LogP contribution < -0.4 is 4.74 Å². The summed E-state index contributed by atoms with van der Waals surface area (Å²) in [6.07, 6.45) is -0.793. The van der Waals surface area contributed by atoms with Gasteiger partial charge in [0.05, 0.1) is 6.67 Å². The van der Waals surface area contributed by atoms with Crippen molar-refractivity contribution in [2.45, 2.75) is 51.6 Å². The summed E-state index contributed by atoms with van der Waals surface area (Å²) in [5.41, 5.74) is -0.993. The minimum absolute atomic E-state index is 0.121. The molecule has 1 nitrogen and oxygen atoms in total. The van der Waals surface area contributed by atoms with Gasteiger partial charge in [0.25, 0.3) is 0 Å². The van der Waals surface area contributed by atoms with Gasteiger partial charge >= 0.3 is 6.11 Å². The molecule has 49 heavy (non-hydrogen) atoms. The maximum atomic E-state index is 15.2. The normalized spacial score (nSPS) is 11.6. The Hall–Kier alpha value is -4.73. The molecule has 0 aromatic heterocycles. The highest BCUT2D eigenvalue weighted by Crippen LogP contribution is 2.39. The number of benzene rings is 5. The monoisotopic (exact) mass is 686 g/mol. The van der Waals surface area contributed by atoms with E-state index in [9.17, 15) is 17.6 Å². The number of hydrogen-bond donors (Lipinski definition) is 0. The number of aryl methyl sites for hydroxylation is 1. The molecule has 0 spiro atoms. The van der Waals surface area contributed by atoms with Crippen LogP contribution >= 0.6 is 0 Å². The van der Waals surface area contributed by atoms with E-state index in [1.165, 1.54) is 12.1 Å². The van der Waals surface area contributed by atoms with Gasteiger partial charge in [0.1, 0.15) is 46.2 Å². The summed E-state index contributed by atoms with van der Waals surface area (Å²) in [5, 5.41) is 0. The van der Waals surface area contributed by atoms with Gasteiger partial charge in [0.15, 0.2) is 0 Å². The molecule has 0 aliphatic rings. The summed E-state index contributed by atoms with van der Waals surface area (Å²) in [7, 11) is 0. The predicted octanol–water partition coefficient (Wildman–Crippen LogP) is 12.3. The minimum Gasteiger partial charge on any atom is -0.429 e. The first-order chi connectivity index (χ1) is 23.4. The summed E-state index contributed by atoms with van der Waals surface area (Å²) >= 11 is 0. The van der Waals surface area contributed by atoms with Crippen LogP contribution in [0.25, 0.3) is 33.4 Å². The van der Waals surface area contributed by atoms with Gasteiger partial charge in [0.2, 0.25) is 0 Å². The van der Waals surface area contributed by atoms with E-state index in [-0.39, 0.29) is 40.7 Å². The second-order valence-corrected chi connectivity index (χ2v) is 11.6. The molecule has 0 amide bonds. The third kappa shape index (κ3) is 8.12. The Balaban J connectivity index is 1.34. The quantitative estimate of drug-likeness (QED) is 0.0885. The number of halogens is 9. The van der Waals surface area contributed by atoms with E-state index in [1.807, 2.05) is 24.3 Å². The molecule has 256 valence electrons. The van der Waals surface area contributed by atoms with E-state index in [1.54, 1.807) is 6.07 Å². The highest BCUT2D eigenvalue weighted by Gasteiger charge is 2.41. The lowest BCUT2D eigenvalue weighted by molar-refractivity contribution is -0.189. The molecular weight excluding hydrogens is 655 g/mol. The third-order valence-electron chi connectivity index (χ3n) is 8.17. The lowest BCUT2D eigenvalue weighted by Gasteiger charge is -2.20. The van der Waals surface area contributed by atoms with Crippen LogP contribution in [0.5, 0.6) is 5.75 Å². The van der Waals surface area contributed by atoms with Crippen LogP contribution in [0.2, 0.25) is 0 Å². The van der Waals surface area contributed by atoms with E-state index in [4.69, 9.17) is 0 Å². The first-order valence-corrected chi connectivity index (χ1v) is 15.7. The van der Waals surface area contributed by atoms with Crippen molar-refractivity contribution in [2.24, 2.45) is 0 Å². The van der Waals surface area contributed by atoms with Gasteiger partial charge in [0, 0.05) is 22.8 Å². The van der Waals surface area contributed by atoms with E-state index in [2.05, 4.69) is 11.7 Å². The minimum atomic E-state index is -4.65. The zero-order valence-electron chi connectivity index (χ0n) is 26.3. The zero-order chi connectivity index (χ0) is 35.3. The van der Waals surface area contributed by atoms with Gasteiger partial charge in [-0.15, -0.1) is 0 Å². The highest BCUT2D eigenvalue weighted by molar-refractivity contribution is 5.72. The van der Waals surface area contributed by atoms with Gasteiger partial charge in [-0.25, -0.2) is 26.3 Å². The summed E-state index contributed by atoms with van der Waals surface area (Å²) in [6, 6.07) is 16.6. The maximum Gasteiger partial charge on any atom is 0.432 e. The standard InChI is InChI=1S/C39H31F9O/c1-2-3-4-6-23-8-10-24(11-9-23)25-12-14-29(32(41)17-25)27-20-36(45)38(37(46)21-27)39(47,48)49-28-13-15-30(35(44)22-28)26-18-33(42)31(7-5-16-40)34(43)19-26/h8-15,17-22H,2-7,16H2,1H3. The Morgan fingerprint density at radius 2 is 1.06 bits per heavy atom. The first kappa shape index (κ1) is 35.6. The highest BCUT2D eigenvalue weighted by atomic mass is 19.3. The van der Waals surface area contributed by atoms with E-state index >= 15 is 22.0 Å². The molecule has 0 heterocycles. The molecule has 0 N–H and O–H groups in total. The van der Waals surface area contributed by atoms with Crippen LogP contribution in [-0.2, 0) is 19.0 Å². The van der Waals surface area contributed by atoms with Crippen molar-refractivity contribution in [1.29, 1.82) is 0 Å². The Labute approximate surface area is 278 Å². The summed E-state index contributed by atoms with van der Waals surface area (Å²) in [4.78, 5) is 0. The van der Waals surface area contributed by atoms with Crippen molar-refractivity contribution in [3.05, 3.63) is 137 Å². The van der Waals surface area contributed by atoms with Crippen LogP contribution in [0, 0.1) is 34.9 Å². The number of ether oxygens (including phenoxy) is 1. The van der Waals surface area contributed by atoms with Gasteiger partial charge in [-0.1, -0.05) is 56.2 Å². The molecule has 0 saturated heterocycles. The van der Waals surface area contributed by atoms with E-state index in [0.29, 0.717) is 23.8 Å². The van der Waals surface area contributed by atoms with Gasteiger partial charge < -0.3 is 4.74 Å². The Bertz CT molecular complexity index is 1890. The molecule has 0 atom stereocenters. The molecule has 0 fully saturated rings. The van der Waals surface area contributed by atoms with Crippen LogP contribution in [0.15, 0.2) is 84.9 Å². The largest absolute Gasteiger partial charge is 0.432 e. The summed E-state index contributed by atoms with van der Waals surface area (Å²) in [5.74, 6) is -8.45. The number of alkyl halides is 3. The molecule has 0 aliphatic heterocycles. The third-order valence-corrected chi connectivity index (χ3v) is 8.17. The Morgan fingerprint density at radius 3 is 1.61 bits per heavy atom. The number of hydrogen-bond acceptors (Lipinski definition) is 1. The molecule has 0 aliphatic carbocycles. The smallest absolute Gasteiger partial charge is 0.429 e. The van der Waals surface area contributed by atoms with Crippen molar-refractivity contribution in [3.8, 4) is 39.1 Å². The molecule has 5 aromatic rings. The molecule has 0 saturated carbocycles. The Morgan fingerprint density at radius 1 is 0.531 bits per heavy atom.